The molecular formula is C15H18N2OS. The third-order valence-electron chi connectivity index (χ3n) is 3.42. The van der Waals surface area contributed by atoms with E-state index in [0.717, 1.165) is 35.2 Å². The zero-order chi connectivity index (χ0) is 13.4. The van der Waals surface area contributed by atoms with E-state index in [0.29, 0.717) is 0 Å². The molecule has 1 unspecified atom stereocenters. The van der Waals surface area contributed by atoms with Crippen LogP contribution in [0.5, 0.6) is 5.75 Å². The summed E-state index contributed by atoms with van der Waals surface area (Å²) >= 11 is 1.76. The topological polar surface area (TPSA) is 34.2 Å². The molecule has 1 aromatic heterocycles. The second kappa shape index (κ2) is 4.85. The van der Waals surface area contributed by atoms with E-state index < -0.39 is 0 Å². The third kappa shape index (κ3) is 2.45. The number of ether oxygens (including phenoxy) is 1. The molecule has 1 aromatic carbocycles. The summed E-state index contributed by atoms with van der Waals surface area (Å²) in [7, 11) is 0. The van der Waals surface area contributed by atoms with Crippen LogP contribution in [0.1, 0.15) is 34.1 Å². The molecule has 0 saturated carbocycles. The molecule has 0 radical (unpaired) electrons. The fourth-order valence-corrected chi connectivity index (χ4v) is 3.46. The quantitative estimate of drug-likeness (QED) is 0.922. The number of rotatable bonds is 3. The molecule has 2 heterocycles. The maximum Gasteiger partial charge on any atom is 0.122 e. The highest BCUT2D eigenvalue weighted by atomic mass is 32.1. The molecule has 0 bridgehead atoms. The lowest BCUT2D eigenvalue weighted by Gasteiger charge is -2.15. The van der Waals surface area contributed by atoms with Gasteiger partial charge in [0, 0.05) is 17.0 Å². The zero-order valence-electron chi connectivity index (χ0n) is 11.5. The summed E-state index contributed by atoms with van der Waals surface area (Å²) in [5, 5.41) is 4.66. The van der Waals surface area contributed by atoms with Crippen LogP contribution in [0.3, 0.4) is 0 Å². The Labute approximate surface area is 117 Å². The first-order valence-electron chi connectivity index (χ1n) is 6.59. The predicted octanol–water partition coefficient (Wildman–Crippen LogP) is 3.87. The van der Waals surface area contributed by atoms with Crippen molar-refractivity contribution in [1.82, 2.24) is 4.98 Å². The maximum absolute atomic E-state index is 5.53. The smallest absolute Gasteiger partial charge is 0.122 e. The van der Waals surface area contributed by atoms with Crippen LogP contribution in [0.2, 0.25) is 0 Å². The van der Waals surface area contributed by atoms with E-state index in [-0.39, 0.29) is 6.04 Å². The standard InChI is InChI=1S/C15H18N2OS/c1-9(15-10(2)19-11(3)17-15)16-13-4-5-14-12(8-13)6-7-18-14/h4-5,8-9,16H,6-7H2,1-3H3. The molecule has 19 heavy (non-hydrogen) atoms. The van der Waals surface area contributed by atoms with Gasteiger partial charge < -0.3 is 10.1 Å². The van der Waals surface area contributed by atoms with Gasteiger partial charge in [-0.15, -0.1) is 11.3 Å². The Balaban J connectivity index is 1.79. The molecule has 1 aliphatic rings. The minimum absolute atomic E-state index is 0.227. The third-order valence-corrected chi connectivity index (χ3v) is 4.32. The molecule has 4 heteroatoms. The van der Waals surface area contributed by atoms with E-state index in [1.54, 1.807) is 11.3 Å². The molecule has 0 spiro atoms. The van der Waals surface area contributed by atoms with Gasteiger partial charge in [-0.25, -0.2) is 4.98 Å². The first kappa shape index (κ1) is 12.5. The van der Waals surface area contributed by atoms with Gasteiger partial charge in [0.25, 0.3) is 0 Å². The monoisotopic (exact) mass is 274 g/mol. The van der Waals surface area contributed by atoms with Crippen LogP contribution < -0.4 is 10.1 Å². The van der Waals surface area contributed by atoms with Crippen molar-refractivity contribution in [1.29, 1.82) is 0 Å². The maximum atomic E-state index is 5.53. The van der Waals surface area contributed by atoms with Gasteiger partial charge in [0.15, 0.2) is 0 Å². The number of nitrogens with one attached hydrogen (secondary N) is 1. The summed E-state index contributed by atoms with van der Waals surface area (Å²) in [6.07, 6.45) is 1.01. The van der Waals surface area contributed by atoms with Crippen molar-refractivity contribution in [3.8, 4) is 5.75 Å². The van der Waals surface area contributed by atoms with Gasteiger partial charge in [0.1, 0.15) is 5.75 Å². The molecule has 0 amide bonds. The minimum Gasteiger partial charge on any atom is -0.493 e. The van der Waals surface area contributed by atoms with Crippen molar-refractivity contribution >= 4 is 17.0 Å². The van der Waals surface area contributed by atoms with Gasteiger partial charge in [-0.1, -0.05) is 0 Å². The Kier molecular flexibility index (Phi) is 3.19. The van der Waals surface area contributed by atoms with Crippen LogP contribution in [0, 0.1) is 13.8 Å². The SMILES string of the molecule is Cc1nc(C(C)Nc2ccc3c(c2)CCO3)c(C)s1. The van der Waals surface area contributed by atoms with E-state index >= 15 is 0 Å². The second-order valence-corrected chi connectivity index (χ2v) is 6.37. The number of aryl methyl sites for hydroxylation is 2. The Bertz CT molecular complexity index is 606. The molecular weight excluding hydrogens is 256 g/mol. The van der Waals surface area contributed by atoms with Gasteiger partial charge in [-0.2, -0.15) is 0 Å². The fraction of sp³-hybridized carbons (Fsp3) is 0.400. The van der Waals surface area contributed by atoms with Crippen molar-refractivity contribution in [3.63, 3.8) is 0 Å². The molecule has 2 aromatic rings. The van der Waals surface area contributed by atoms with E-state index in [4.69, 9.17) is 4.74 Å². The summed E-state index contributed by atoms with van der Waals surface area (Å²) in [5.41, 5.74) is 3.59. The summed E-state index contributed by atoms with van der Waals surface area (Å²) in [5.74, 6) is 1.03. The van der Waals surface area contributed by atoms with E-state index in [9.17, 15) is 0 Å². The molecule has 0 aliphatic carbocycles. The highest BCUT2D eigenvalue weighted by Gasteiger charge is 2.15. The van der Waals surface area contributed by atoms with E-state index in [1.807, 2.05) is 0 Å². The Morgan fingerprint density at radius 1 is 1.37 bits per heavy atom. The Morgan fingerprint density at radius 3 is 2.95 bits per heavy atom. The first-order chi connectivity index (χ1) is 9.13. The number of anilines is 1. The number of nitrogens with zero attached hydrogens (tertiary/aromatic N) is 1. The number of aromatic nitrogens is 1. The van der Waals surface area contributed by atoms with Crippen LogP contribution in [0.15, 0.2) is 18.2 Å². The lowest BCUT2D eigenvalue weighted by atomic mass is 10.1. The normalized spacial score (nSPS) is 14.9. The molecule has 3 nitrogen and oxygen atoms in total. The molecule has 0 fully saturated rings. The average Bonchev–Trinajstić information content (AvgIpc) is 2.94. The number of hydrogen-bond acceptors (Lipinski definition) is 4. The van der Waals surface area contributed by atoms with Crippen LogP contribution in [-0.4, -0.2) is 11.6 Å². The van der Waals surface area contributed by atoms with Gasteiger partial charge in [0.05, 0.1) is 23.4 Å². The van der Waals surface area contributed by atoms with Crippen LogP contribution in [0.4, 0.5) is 5.69 Å². The average molecular weight is 274 g/mol. The van der Waals surface area contributed by atoms with E-state index in [1.165, 1.54) is 10.4 Å². The highest BCUT2D eigenvalue weighted by molar-refractivity contribution is 7.11. The molecule has 1 atom stereocenters. The van der Waals surface area contributed by atoms with Gasteiger partial charge in [0.2, 0.25) is 0 Å². The molecule has 3 rings (SSSR count). The fourth-order valence-electron chi connectivity index (χ4n) is 2.54. The van der Waals surface area contributed by atoms with Gasteiger partial charge in [-0.05, 0) is 44.5 Å². The van der Waals surface area contributed by atoms with Crippen LogP contribution in [-0.2, 0) is 6.42 Å². The molecule has 0 saturated heterocycles. The number of fused-ring (bicyclic) bond motifs is 1. The van der Waals surface area contributed by atoms with Crippen LogP contribution in [0.25, 0.3) is 0 Å². The predicted molar refractivity (Wildman–Crippen MR) is 79.3 cm³/mol. The lowest BCUT2D eigenvalue weighted by Crippen LogP contribution is -2.08. The van der Waals surface area contributed by atoms with Crippen molar-refractivity contribution in [2.75, 3.05) is 11.9 Å². The second-order valence-electron chi connectivity index (χ2n) is 4.96. The van der Waals surface area contributed by atoms with Crippen molar-refractivity contribution in [2.45, 2.75) is 33.2 Å². The Hall–Kier alpha value is -1.55. The zero-order valence-corrected chi connectivity index (χ0v) is 12.3. The van der Waals surface area contributed by atoms with Crippen molar-refractivity contribution < 1.29 is 4.74 Å². The number of benzene rings is 1. The lowest BCUT2D eigenvalue weighted by molar-refractivity contribution is 0.357. The highest BCUT2D eigenvalue weighted by Crippen LogP contribution is 2.30. The molecule has 100 valence electrons. The largest absolute Gasteiger partial charge is 0.493 e. The van der Waals surface area contributed by atoms with Crippen molar-refractivity contribution in [3.05, 3.63) is 39.3 Å². The van der Waals surface area contributed by atoms with Gasteiger partial charge >= 0.3 is 0 Å². The summed E-state index contributed by atoms with van der Waals surface area (Å²) in [6, 6.07) is 6.55. The summed E-state index contributed by atoms with van der Waals surface area (Å²) < 4.78 is 5.53. The molecule has 1 aliphatic heterocycles. The summed E-state index contributed by atoms with van der Waals surface area (Å²) in [6.45, 7) is 7.15. The van der Waals surface area contributed by atoms with Gasteiger partial charge in [-0.3, -0.25) is 0 Å². The number of hydrogen-bond donors (Lipinski definition) is 1. The Morgan fingerprint density at radius 2 is 2.21 bits per heavy atom. The number of thiazole rings is 1. The van der Waals surface area contributed by atoms with E-state index in [2.05, 4.69) is 49.3 Å². The molecule has 1 N–H and O–H groups in total. The van der Waals surface area contributed by atoms with Crippen molar-refractivity contribution in [2.24, 2.45) is 0 Å². The minimum atomic E-state index is 0.227. The first-order valence-corrected chi connectivity index (χ1v) is 7.41. The summed E-state index contributed by atoms with van der Waals surface area (Å²) in [4.78, 5) is 5.90. The van der Waals surface area contributed by atoms with Crippen LogP contribution >= 0.6 is 11.3 Å².